The molecule has 2 N–H and O–H groups in total. The molecular formula is C34H31F4N3O5. The van der Waals surface area contributed by atoms with E-state index < -0.39 is 29.2 Å². The Labute approximate surface area is 263 Å². The van der Waals surface area contributed by atoms with Crippen LogP contribution in [0.3, 0.4) is 0 Å². The summed E-state index contributed by atoms with van der Waals surface area (Å²) < 4.78 is 59.5. The normalized spacial score (nSPS) is 10.3. The summed E-state index contributed by atoms with van der Waals surface area (Å²) in [6, 6.07) is 18.8. The second-order valence-corrected chi connectivity index (χ2v) is 9.90. The molecule has 46 heavy (non-hydrogen) atoms. The van der Waals surface area contributed by atoms with Crippen molar-refractivity contribution < 1.29 is 41.5 Å². The van der Waals surface area contributed by atoms with Crippen LogP contribution < -0.4 is 15.5 Å². The van der Waals surface area contributed by atoms with Gasteiger partial charge in [-0.1, -0.05) is 30.3 Å². The molecule has 0 fully saturated rings. The number of Topliss-reactive ketones (excluding diaryl/α,β-unsaturated/α-hetero) is 1. The van der Waals surface area contributed by atoms with Crippen molar-refractivity contribution in [3.63, 3.8) is 0 Å². The van der Waals surface area contributed by atoms with E-state index in [1.165, 1.54) is 91.4 Å². The maximum Gasteiger partial charge on any atom is 0.337 e. The van der Waals surface area contributed by atoms with E-state index in [0.29, 0.717) is 11.4 Å². The molecule has 0 atom stereocenters. The molecule has 0 spiro atoms. The van der Waals surface area contributed by atoms with Gasteiger partial charge in [0.05, 0.1) is 32.3 Å². The Balaban J connectivity index is 0.000000250. The Morgan fingerprint density at radius 3 is 1.46 bits per heavy atom. The minimum atomic E-state index is -0.649. The second-order valence-electron chi connectivity index (χ2n) is 9.90. The Hall–Kier alpha value is -5.36. The Bertz CT molecular complexity index is 1620. The lowest BCUT2D eigenvalue weighted by molar-refractivity contribution is -0.117. The number of halogens is 4. The number of nitrogens with zero attached hydrogens (tertiary/aromatic N) is 2. The van der Waals surface area contributed by atoms with E-state index in [2.05, 4.69) is 4.74 Å². The van der Waals surface area contributed by atoms with Gasteiger partial charge < -0.3 is 20.3 Å². The number of carbonyl (C=O) groups is 4. The minimum Gasteiger partial charge on any atom is -0.465 e. The lowest BCUT2D eigenvalue weighted by atomic mass is 10.1. The molecule has 2 amide bonds. The number of esters is 1. The molecule has 8 nitrogen and oxygen atoms in total. The minimum absolute atomic E-state index is 0.0677. The molecule has 0 aliphatic carbocycles. The van der Waals surface area contributed by atoms with Gasteiger partial charge in [0.25, 0.3) is 0 Å². The summed E-state index contributed by atoms with van der Waals surface area (Å²) in [4.78, 5) is 48.9. The van der Waals surface area contributed by atoms with Crippen LogP contribution in [0.5, 0.6) is 0 Å². The highest BCUT2D eigenvalue weighted by atomic mass is 19.1. The molecule has 4 aromatic rings. The quantitative estimate of drug-likeness (QED) is 0.138. The molecule has 0 bridgehead atoms. The van der Waals surface area contributed by atoms with E-state index >= 15 is 0 Å². The van der Waals surface area contributed by atoms with Crippen molar-refractivity contribution in [2.24, 2.45) is 5.73 Å². The van der Waals surface area contributed by atoms with Gasteiger partial charge in [0.1, 0.15) is 23.3 Å². The van der Waals surface area contributed by atoms with Crippen LogP contribution in [0.15, 0.2) is 84.9 Å². The zero-order chi connectivity index (χ0) is 34.0. The maximum absolute atomic E-state index is 14.2. The number of carbonyl (C=O) groups excluding carboxylic acids is 4. The monoisotopic (exact) mass is 637 g/mol. The lowest BCUT2D eigenvalue weighted by Gasteiger charge is -2.21. The number of nitrogens with two attached hydrogens (primary N) is 1. The highest BCUT2D eigenvalue weighted by Gasteiger charge is 2.18. The van der Waals surface area contributed by atoms with E-state index in [4.69, 9.17) is 5.73 Å². The Morgan fingerprint density at radius 2 is 1.09 bits per heavy atom. The van der Waals surface area contributed by atoms with Gasteiger partial charge in [0.15, 0.2) is 5.78 Å². The van der Waals surface area contributed by atoms with Crippen LogP contribution in [0, 0.1) is 23.3 Å². The number of methoxy groups -OCH3 is 1. The molecule has 12 heteroatoms. The van der Waals surface area contributed by atoms with Gasteiger partial charge in [-0.3, -0.25) is 14.4 Å². The van der Waals surface area contributed by atoms with Crippen molar-refractivity contribution in [2.45, 2.75) is 26.9 Å². The third-order valence-electron chi connectivity index (χ3n) is 6.69. The van der Waals surface area contributed by atoms with E-state index in [1.54, 1.807) is 12.1 Å². The number of ether oxygens (including phenoxy) is 1. The zero-order valence-corrected chi connectivity index (χ0v) is 25.2. The van der Waals surface area contributed by atoms with E-state index in [9.17, 15) is 36.7 Å². The summed E-state index contributed by atoms with van der Waals surface area (Å²) >= 11 is 0. The summed E-state index contributed by atoms with van der Waals surface area (Å²) in [5, 5.41) is 0. The van der Waals surface area contributed by atoms with Gasteiger partial charge in [0.2, 0.25) is 11.8 Å². The van der Waals surface area contributed by atoms with Crippen molar-refractivity contribution in [2.75, 3.05) is 23.5 Å². The molecular weight excluding hydrogens is 606 g/mol. The molecule has 0 unspecified atom stereocenters. The van der Waals surface area contributed by atoms with Crippen molar-refractivity contribution in [3.05, 3.63) is 130 Å². The van der Waals surface area contributed by atoms with Gasteiger partial charge >= 0.3 is 5.97 Å². The van der Waals surface area contributed by atoms with Crippen molar-refractivity contribution in [1.82, 2.24) is 0 Å². The summed E-state index contributed by atoms with van der Waals surface area (Å²) in [7, 11) is 1.20. The summed E-state index contributed by atoms with van der Waals surface area (Å²) in [5.41, 5.74) is 6.58. The number of ketones is 1. The fraction of sp³-hybridized carbons (Fsp3) is 0.176. The molecule has 0 heterocycles. The number of rotatable bonds is 9. The van der Waals surface area contributed by atoms with Crippen LogP contribution in [-0.4, -0.2) is 37.2 Å². The maximum atomic E-state index is 14.2. The average molecular weight is 638 g/mol. The SMILES string of the molecule is CC(=O)N(Cc1ccc(C(=O)CN)cc1F)c1cccc(F)c1.COC(=O)c1ccc(CN(C(C)=O)c2cccc(F)c2)c(F)c1. The Kier molecular flexibility index (Phi) is 12.3. The molecule has 0 aliphatic rings. The zero-order valence-electron chi connectivity index (χ0n) is 25.2. The van der Waals surface area contributed by atoms with E-state index in [0.717, 1.165) is 12.1 Å². The molecule has 0 aromatic heterocycles. The van der Waals surface area contributed by atoms with Crippen molar-refractivity contribution >= 4 is 34.9 Å². The average Bonchev–Trinajstić information content (AvgIpc) is 3.02. The van der Waals surface area contributed by atoms with Crippen LogP contribution in [0.4, 0.5) is 28.9 Å². The lowest BCUT2D eigenvalue weighted by Crippen LogP contribution is -2.28. The highest BCUT2D eigenvalue weighted by molar-refractivity contribution is 5.97. The van der Waals surface area contributed by atoms with E-state index in [-0.39, 0.29) is 59.5 Å². The van der Waals surface area contributed by atoms with Crippen molar-refractivity contribution in [3.8, 4) is 0 Å². The third kappa shape index (κ3) is 9.32. The fourth-order valence-corrected chi connectivity index (χ4v) is 4.28. The van der Waals surface area contributed by atoms with Crippen LogP contribution in [0.2, 0.25) is 0 Å². The second kappa shape index (κ2) is 16.1. The summed E-state index contributed by atoms with van der Waals surface area (Å²) in [5.74, 6) is -3.96. The molecule has 240 valence electrons. The summed E-state index contributed by atoms with van der Waals surface area (Å²) in [6.07, 6.45) is 0. The van der Waals surface area contributed by atoms with E-state index in [1.807, 2.05) is 0 Å². The van der Waals surface area contributed by atoms with Crippen LogP contribution in [0.1, 0.15) is 45.7 Å². The standard InChI is InChI=1S/C17H16F2N2O2.C17H15F2NO3/c1-11(22)21(15-4-2-3-14(18)8-15)10-13-6-5-12(7-16(13)19)17(23)9-20;1-11(21)20(15-5-3-4-14(18)9-15)10-13-7-6-12(8-16(13)19)17(22)23-2/h2-8H,9-10,20H2,1H3;3-9H,10H2,1-2H3. The van der Waals surface area contributed by atoms with Gasteiger partial charge in [-0.25, -0.2) is 22.4 Å². The van der Waals surface area contributed by atoms with Crippen LogP contribution in [-0.2, 0) is 27.4 Å². The summed E-state index contributed by atoms with van der Waals surface area (Å²) in [6.45, 7) is 2.27. The highest BCUT2D eigenvalue weighted by Crippen LogP contribution is 2.22. The number of hydrogen-bond donors (Lipinski definition) is 1. The molecule has 0 aliphatic heterocycles. The predicted molar refractivity (Wildman–Crippen MR) is 164 cm³/mol. The van der Waals surface area contributed by atoms with Crippen LogP contribution in [0.25, 0.3) is 0 Å². The third-order valence-corrected chi connectivity index (χ3v) is 6.69. The number of amides is 2. The first-order valence-electron chi connectivity index (χ1n) is 13.8. The first-order valence-corrected chi connectivity index (χ1v) is 13.8. The van der Waals surface area contributed by atoms with Gasteiger partial charge in [-0.05, 0) is 54.6 Å². The predicted octanol–water partition coefficient (Wildman–Crippen LogP) is 5.96. The molecule has 4 rings (SSSR count). The van der Waals surface area contributed by atoms with Crippen molar-refractivity contribution in [1.29, 1.82) is 0 Å². The van der Waals surface area contributed by atoms with Gasteiger partial charge in [-0.15, -0.1) is 0 Å². The smallest absolute Gasteiger partial charge is 0.337 e. The number of hydrogen-bond acceptors (Lipinski definition) is 6. The largest absolute Gasteiger partial charge is 0.465 e. The molecule has 0 radical (unpaired) electrons. The van der Waals surface area contributed by atoms with Crippen LogP contribution >= 0.6 is 0 Å². The number of anilines is 2. The molecule has 4 aromatic carbocycles. The fourth-order valence-electron chi connectivity index (χ4n) is 4.28. The molecule has 0 saturated carbocycles. The van der Waals surface area contributed by atoms with Gasteiger partial charge in [-0.2, -0.15) is 0 Å². The van der Waals surface area contributed by atoms with Gasteiger partial charge in [0, 0.05) is 41.9 Å². The molecule has 0 saturated heterocycles. The first-order chi connectivity index (χ1) is 21.8. The Morgan fingerprint density at radius 1 is 0.652 bits per heavy atom. The topological polar surface area (TPSA) is 110 Å². The number of benzene rings is 4. The first kappa shape index (κ1) is 35.1.